The van der Waals surface area contributed by atoms with Crippen molar-refractivity contribution in [2.24, 2.45) is 5.92 Å². The maximum absolute atomic E-state index is 12.5. The highest BCUT2D eigenvalue weighted by Gasteiger charge is 2.58. The number of ether oxygens (including phenoxy) is 2. The van der Waals surface area contributed by atoms with Gasteiger partial charge in [0, 0.05) is 19.4 Å². The summed E-state index contributed by atoms with van der Waals surface area (Å²) in [5.41, 5.74) is -0.0526. The van der Waals surface area contributed by atoms with Crippen LogP contribution in [0.3, 0.4) is 0 Å². The van der Waals surface area contributed by atoms with Gasteiger partial charge in [-0.05, 0) is 25.0 Å². The van der Waals surface area contributed by atoms with Gasteiger partial charge in [0.15, 0.2) is 0 Å². The number of Topliss-reactive ketones (excluding diaryl/α,β-unsaturated/α-hetero) is 1. The van der Waals surface area contributed by atoms with E-state index in [1.165, 1.54) is 13.4 Å². The Morgan fingerprint density at radius 3 is 2.67 bits per heavy atom. The molecule has 0 saturated carbocycles. The van der Waals surface area contributed by atoms with Crippen molar-refractivity contribution in [3.05, 3.63) is 48.2 Å². The van der Waals surface area contributed by atoms with Gasteiger partial charge >= 0.3 is 0 Å². The fourth-order valence-electron chi connectivity index (χ4n) is 2.60. The fraction of sp³-hybridized carbons (Fsp3) is 0.471. The summed E-state index contributed by atoms with van der Waals surface area (Å²) in [7, 11) is 1.48. The molecule has 4 nitrogen and oxygen atoms in total. The van der Waals surface area contributed by atoms with Crippen LogP contribution in [0.1, 0.15) is 25.8 Å². The first-order chi connectivity index (χ1) is 9.94. The molecule has 1 aromatic rings. The van der Waals surface area contributed by atoms with Crippen LogP contribution in [0.4, 0.5) is 0 Å². The lowest BCUT2D eigenvalue weighted by Gasteiger charge is -2.46. The Morgan fingerprint density at radius 2 is 2.05 bits per heavy atom. The number of carbonyl (C=O) groups is 1. The highest BCUT2D eigenvalue weighted by atomic mass is 16.7. The molecule has 21 heavy (non-hydrogen) atoms. The van der Waals surface area contributed by atoms with Crippen molar-refractivity contribution in [2.75, 3.05) is 7.11 Å². The second-order valence-electron chi connectivity index (χ2n) is 5.60. The SMILES string of the molecule is COC1(C)C(C)C=COC1(O)C(=O)CCc1ccccc1. The topological polar surface area (TPSA) is 55.8 Å². The predicted octanol–water partition coefficient (Wildman–Crippen LogP) is 2.46. The molecular weight excluding hydrogens is 268 g/mol. The molecule has 1 aliphatic rings. The molecule has 0 amide bonds. The van der Waals surface area contributed by atoms with Crippen LogP contribution < -0.4 is 0 Å². The molecule has 1 aromatic carbocycles. The van der Waals surface area contributed by atoms with Gasteiger partial charge in [0.05, 0.1) is 6.26 Å². The first-order valence-corrected chi connectivity index (χ1v) is 7.13. The molecule has 2 rings (SSSR count). The zero-order valence-corrected chi connectivity index (χ0v) is 12.7. The standard InChI is InChI=1S/C17H22O4/c1-13-11-12-21-17(19,16(13,2)20-3)15(18)10-9-14-7-5-4-6-8-14/h4-8,11-13,19H,9-10H2,1-3H3. The zero-order chi connectivity index (χ0) is 15.5. The third-order valence-electron chi connectivity index (χ3n) is 4.43. The van der Waals surface area contributed by atoms with Crippen LogP contribution in [0, 0.1) is 5.92 Å². The second kappa shape index (κ2) is 6.00. The van der Waals surface area contributed by atoms with Crippen molar-refractivity contribution >= 4 is 5.78 Å². The van der Waals surface area contributed by atoms with Crippen LogP contribution >= 0.6 is 0 Å². The van der Waals surface area contributed by atoms with Gasteiger partial charge in [-0.3, -0.25) is 4.79 Å². The number of carbonyl (C=O) groups excluding carboxylic acids is 1. The third-order valence-corrected chi connectivity index (χ3v) is 4.43. The fourth-order valence-corrected chi connectivity index (χ4v) is 2.60. The van der Waals surface area contributed by atoms with Gasteiger partial charge in [-0.1, -0.05) is 37.3 Å². The van der Waals surface area contributed by atoms with Gasteiger partial charge < -0.3 is 14.6 Å². The highest BCUT2D eigenvalue weighted by Crippen LogP contribution is 2.39. The summed E-state index contributed by atoms with van der Waals surface area (Å²) < 4.78 is 10.7. The molecule has 114 valence electrons. The average Bonchev–Trinajstić information content (AvgIpc) is 2.51. The summed E-state index contributed by atoms with van der Waals surface area (Å²) in [5, 5.41) is 10.8. The minimum absolute atomic E-state index is 0.137. The zero-order valence-electron chi connectivity index (χ0n) is 12.7. The molecule has 4 heteroatoms. The van der Waals surface area contributed by atoms with Gasteiger partial charge in [-0.2, -0.15) is 0 Å². The van der Waals surface area contributed by atoms with Crippen molar-refractivity contribution in [3.8, 4) is 0 Å². The minimum atomic E-state index is -1.95. The van der Waals surface area contributed by atoms with E-state index >= 15 is 0 Å². The summed E-state index contributed by atoms with van der Waals surface area (Å²) in [6, 6.07) is 9.69. The lowest BCUT2D eigenvalue weighted by atomic mass is 9.78. The summed E-state index contributed by atoms with van der Waals surface area (Å²) in [6.45, 7) is 3.58. The third kappa shape index (κ3) is 2.74. The number of benzene rings is 1. The lowest BCUT2D eigenvalue weighted by Crippen LogP contribution is -2.64. The summed E-state index contributed by atoms with van der Waals surface area (Å²) in [6.07, 6.45) is 3.91. The van der Waals surface area contributed by atoms with Gasteiger partial charge in [0.2, 0.25) is 5.78 Å². The monoisotopic (exact) mass is 290 g/mol. The molecule has 3 unspecified atom stereocenters. The number of methoxy groups -OCH3 is 1. The predicted molar refractivity (Wildman–Crippen MR) is 79.5 cm³/mol. The smallest absolute Gasteiger partial charge is 0.297 e. The van der Waals surface area contributed by atoms with E-state index in [0.717, 1.165) is 5.56 Å². The highest BCUT2D eigenvalue weighted by molar-refractivity contribution is 5.87. The maximum atomic E-state index is 12.5. The van der Waals surface area contributed by atoms with E-state index in [0.29, 0.717) is 6.42 Å². The number of aliphatic hydroxyl groups is 1. The van der Waals surface area contributed by atoms with Crippen LogP contribution in [0.15, 0.2) is 42.7 Å². The van der Waals surface area contributed by atoms with Crippen LogP contribution in [-0.2, 0) is 20.7 Å². The largest absolute Gasteiger partial charge is 0.460 e. The van der Waals surface area contributed by atoms with E-state index in [1.54, 1.807) is 13.0 Å². The molecule has 1 aliphatic heterocycles. The van der Waals surface area contributed by atoms with Crippen molar-refractivity contribution in [2.45, 2.75) is 38.1 Å². The molecule has 0 bridgehead atoms. The molecule has 0 fully saturated rings. The van der Waals surface area contributed by atoms with E-state index in [4.69, 9.17) is 9.47 Å². The van der Waals surface area contributed by atoms with Crippen LogP contribution in [-0.4, -0.2) is 29.4 Å². The van der Waals surface area contributed by atoms with Gasteiger partial charge in [-0.25, -0.2) is 0 Å². The van der Waals surface area contributed by atoms with Crippen molar-refractivity contribution in [1.29, 1.82) is 0 Å². The first kappa shape index (κ1) is 15.7. The molecule has 1 heterocycles. The number of rotatable bonds is 5. The molecule has 0 spiro atoms. The number of hydrogen-bond acceptors (Lipinski definition) is 4. The number of hydrogen-bond donors (Lipinski definition) is 1. The van der Waals surface area contributed by atoms with E-state index in [-0.39, 0.29) is 18.1 Å². The first-order valence-electron chi connectivity index (χ1n) is 7.13. The Balaban J connectivity index is 2.14. The van der Waals surface area contributed by atoms with Crippen molar-refractivity contribution in [1.82, 2.24) is 0 Å². The summed E-state index contributed by atoms with van der Waals surface area (Å²) in [4.78, 5) is 12.5. The van der Waals surface area contributed by atoms with E-state index in [2.05, 4.69) is 0 Å². The Morgan fingerprint density at radius 1 is 1.38 bits per heavy atom. The van der Waals surface area contributed by atoms with Gasteiger partial charge in [0.25, 0.3) is 5.79 Å². The normalized spacial score (nSPS) is 31.7. The molecule has 0 aromatic heterocycles. The van der Waals surface area contributed by atoms with E-state index in [9.17, 15) is 9.90 Å². The van der Waals surface area contributed by atoms with E-state index in [1.807, 2.05) is 37.3 Å². The average molecular weight is 290 g/mol. The van der Waals surface area contributed by atoms with Crippen molar-refractivity contribution in [3.63, 3.8) is 0 Å². The number of ketones is 1. The van der Waals surface area contributed by atoms with Crippen LogP contribution in [0.5, 0.6) is 0 Å². The Hall–Kier alpha value is -1.65. The van der Waals surface area contributed by atoms with Gasteiger partial charge in [-0.15, -0.1) is 0 Å². The Labute approximate surface area is 125 Å². The molecule has 0 aliphatic carbocycles. The Bertz CT molecular complexity index is 525. The maximum Gasteiger partial charge on any atom is 0.297 e. The Kier molecular flexibility index (Phi) is 4.49. The minimum Gasteiger partial charge on any atom is -0.460 e. The molecule has 0 saturated heterocycles. The molecule has 3 atom stereocenters. The summed E-state index contributed by atoms with van der Waals surface area (Å²) in [5.74, 6) is -2.46. The van der Waals surface area contributed by atoms with Crippen molar-refractivity contribution < 1.29 is 19.4 Å². The molecule has 0 radical (unpaired) electrons. The summed E-state index contributed by atoms with van der Waals surface area (Å²) >= 11 is 0. The molecular formula is C17H22O4. The second-order valence-corrected chi connectivity index (χ2v) is 5.60. The lowest BCUT2D eigenvalue weighted by molar-refractivity contribution is -0.280. The van der Waals surface area contributed by atoms with E-state index < -0.39 is 11.4 Å². The van der Waals surface area contributed by atoms with Gasteiger partial charge in [0.1, 0.15) is 5.60 Å². The molecule has 1 N–H and O–H groups in total. The van der Waals surface area contributed by atoms with Crippen LogP contribution in [0.2, 0.25) is 0 Å². The quantitative estimate of drug-likeness (QED) is 0.905. The number of aryl methyl sites for hydroxylation is 1. The van der Waals surface area contributed by atoms with Crippen LogP contribution in [0.25, 0.3) is 0 Å².